The summed E-state index contributed by atoms with van der Waals surface area (Å²) in [5, 5.41) is 23.4. The lowest BCUT2D eigenvalue weighted by atomic mass is 9.87. The van der Waals surface area contributed by atoms with Crippen LogP contribution in [0, 0.1) is 3.57 Å². The third-order valence-electron chi connectivity index (χ3n) is 6.37. The molecule has 0 saturated heterocycles. The largest absolute Gasteiger partial charge is 0.497 e. The van der Waals surface area contributed by atoms with Crippen molar-refractivity contribution in [3.05, 3.63) is 82.0 Å². The standard InChI is InChI=1S/C29H35IN2O6/c1-3-4-12-27(34)32(15-13-20-8-7-9-22(17-20)37-2)24-18-21(29(36)31-14-16-33)19-26(28(24)35)38-25-11-6-5-10-23(25)30/h3,5-11,17,19,24,26,28,33,35H,1,4,12-16,18H2,2H3,(H,31,36). The predicted octanol–water partition coefficient (Wildman–Crippen LogP) is 3.25. The fourth-order valence-corrected chi connectivity index (χ4v) is 4.90. The van der Waals surface area contributed by atoms with Crippen LogP contribution in [0.1, 0.15) is 24.8 Å². The summed E-state index contributed by atoms with van der Waals surface area (Å²) in [4.78, 5) is 28.0. The van der Waals surface area contributed by atoms with Crippen LogP contribution in [-0.4, -0.2) is 72.0 Å². The summed E-state index contributed by atoms with van der Waals surface area (Å²) >= 11 is 2.15. The molecule has 0 bridgehead atoms. The molecule has 0 radical (unpaired) electrons. The van der Waals surface area contributed by atoms with Crippen LogP contribution in [0.25, 0.3) is 0 Å². The average molecular weight is 635 g/mol. The summed E-state index contributed by atoms with van der Waals surface area (Å²) in [7, 11) is 1.60. The summed E-state index contributed by atoms with van der Waals surface area (Å²) in [6.07, 6.45) is 2.81. The summed E-state index contributed by atoms with van der Waals surface area (Å²) in [6.45, 7) is 3.97. The second-order valence-corrected chi connectivity index (χ2v) is 10.1. The number of methoxy groups -OCH3 is 1. The third-order valence-corrected chi connectivity index (χ3v) is 7.26. The minimum absolute atomic E-state index is 0.101. The van der Waals surface area contributed by atoms with E-state index in [1.807, 2.05) is 42.5 Å². The Kier molecular flexibility index (Phi) is 11.6. The highest BCUT2D eigenvalue weighted by molar-refractivity contribution is 14.1. The summed E-state index contributed by atoms with van der Waals surface area (Å²) in [6, 6.07) is 14.3. The lowest BCUT2D eigenvalue weighted by molar-refractivity contribution is -0.138. The van der Waals surface area contributed by atoms with Gasteiger partial charge in [-0.05, 0) is 71.3 Å². The van der Waals surface area contributed by atoms with Crippen LogP contribution in [0.3, 0.4) is 0 Å². The zero-order valence-corrected chi connectivity index (χ0v) is 23.7. The normalized spacial score (nSPS) is 18.7. The number of hydrogen-bond acceptors (Lipinski definition) is 6. The summed E-state index contributed by atoms with van der Waals surface area (Å²) < 4.78 is 12.4. The second-order valence-electron chi connectivity index (χ2n) is 8.96. The van der Waals surface area contributed by atoms with Crippen LogP contribution < -0.4 is 14.8 Å². The van der Waals surface area contributed by atoms with Gasteiger partial charge in [-0.15, -0.1) is 6.58 Å². The van der Waals surface area contributed by atoms with Gasteiger partial charge in [0.25, 0.3) is 0 Å². The van der Waals surface area contributed by atoms with Gasteiger partial charge in [0.15, 0.2) is 0 Å². The van der Waals surface area contributed by atoms with Crippen molar-refractivity contribution < 1.29 is 29.3 Å². The van der Waals surface area contributed by atoms with E-state index in [-0.39, 0.29) is 37.8 Å². The molecule has 38 heavy (non-hydrogen) atoms. The zero-order chi connectivity index (χ0) is 27.5. The number of aliphatic hydroxyl groups excluding tert-OH is 2. The number of rotatable bonds is 13. The maximum absolute atomic E-state index is 13.4. The van der Waals surface area contributed by atoms with Crippen LogP contribution in [0.15, 0.2) is 72.8 Å². The number of nitrogens with one attached hydrogen (secondary N) is 1. The van der Waals surface area contributed by atoms with E-state index in [9.17, 15) is 19.8 Å². The molecule has 8 nitrogen and oxygen atoms in total. The van der Waals surface area contributed by atoms with Crippen LogP contribution in [0.5, 0.6) is 11.5 Å². The van der Waals surface area contributed by atoms with Crippen molar-refractivity contribution in [1.82, 2.24) is 10.2 Å². The lowest BCUT2D eigenvalue weighted by Crippen LogP contribution is -2.55. The van der Waals surface area contributed by atoms with Gasteiger partial charge in [-0.1, -0.05) is 30.3 Å². The molecule has 3 N–H and O–H groups in total. The highest BCUT2D eigenvalue weighted by Gasteiger charge is 2.40. The van der Waals surface area contributed by atoms with Crippen LogP contribution in [0.2, 0.25) is 0 Å². The molecule has 9 heteroatoms. The Labute approximate surface area is 237 Å². The van der Waals surface area contributed by atoms with Crippen molar-refractivity contribution >= 4 is 34.4 Å². The fourth-order valence-electron chi connectivity index (χ4n) is 4.39. The average Bonchev–Trinajstić information content (AvgIpc) is 2.93. The van der Waals surface area contributed by atoms with Gasteiger partial charge in [0.05, 0.1) is 23.3 Å². The topological polar surface area (TPSA) is 108 Å². The molecule has 1 aliphatic rings. The first-order valence-corrected chi connectivity index (χ1v) is 13.7. The first kappa shape index (κ1) is 29.7. The molecule has 2 amide bonds. The SMILES string of the molecule is C=CCCC(=O)N(CCc1cccc(OC)c1)C1CC(C(=O)NCCO)=CC(Oc2ccccc2I)C1O. The summed E-state index contributed by atoms with van der Waals surface area (Å²) in [5.41, 5.74) is 1.38. The van der Waals surface area contributed by atoms with E-state index >= 15 is 0 Å². The van der Waals surface area contributed by atoms with Crippen molar-refractivity contribution in [3.63, 3.8) is 0 Å². The molecular weight excluding hydrogens is 599 g/mol. The van der Waals surface area contributed by atoms with Gasteiger partial charge in [-0.3, -0.25) is 9.59 Å². The Morgan fingerprint density at radius 3 is 2.74 bits per heavy atom. The minimum atomic E-state index is -1.07. The number of nitrogens with zero attached hydrogens (tertiary/aromatic N) is 1. The van der Waals surface area contributed by atoms with Gasteiger partial charge < -0.3 is 29.9 Å². The van der Waals surface area contributed by atoms with E-state index in [1.165, 1.54) is 0 Å². The minimum Gasteiger partial charge on any atom is -0.497 e. The molecule has 0 saturated carbocycles. The molecule has 0 spiro atoms. The van der Waals surface area contributed by atoms with Gasteiger partial charge in [-0.2, -0.15) is 0 Å². The Bertz CT molecular complexity index is 1140. The van der Waals surface area contributed by atoms with E-state index in [0.717, 1.165) is 14.9 Å². The van der Waals surface area contributed by atoms with Crippen molar-refractivity contribution in [2.24, 2.45) is 0 Å². The highest BCUT2D eigenvalue weighted by atomic mass is 127. The third kappa shape index (κ3) is 8.05. The van der Waals surface area contributed by atoms with Gasteiger partial charge in [0.2, 0.25) is 11.8 Å². The van der Waals surface area contributed by atoms with Crippen molar-refractivity contribution in [3.8, 4) is 11.5 Å². The van der Waals surface area contributed by atoms with Gasteiger partial charge in [0, 0.05) is 31.5 Å². The predicted molar refractivity (Wildman–Crippen MR) is 154 cm³/mol. The van der Waals surface area contributed by atoms with E-state index in [2.05, 4.69) is 34.5 Å². The number of amides is 2. The molecule has 0 heterocycles. The molecule has 204 valence electrons. The molecule has 0 aliphatic heterocycles. The van der Waals surface area contributed by atoms with Crippen LogP contribution in [0.4, 0.5) is 0 Å². The molecule has 2 aromatic carbocycles. The van der Waals surface area contributed by atoms with Crippen LogP contribution >= 0.6 is 22.6 Å². The molecule has 1 aliphatic carbocycles. The molecule has 2 aromatic rings. The number of hydrogen-bond donors (Lipinski definition) is 3. The van der Waals surface area contributed by atoms with E-state index in [0.29, 0.717) is 30.7 Å². The zero-order valence-electron chi connectivity index (χ0n) is 21.5. The van der Waals surface area contributed by atoms with E-state index in [1.54, 1.807) is 30.2 Å². The van der Waals surface area contributed by atoms with E-state index < -0.39 is 18.2 Å². The smallest absolute Gasteiger partial charge is 0.247 e. The van der Waals surface area contributed by atoms with E-state index in [4.69, 9.17) is 9.47 Å². The molecule has 0 fully saturated rings. The fraction of sp³-hybridized carbons (Fsp3) is 0.379. The number of halogens is 1. The molecule has 0 aromatic heterocycles. The number of carbonyl (C=O) groups excluding carboxylic acids is 2. The first-order valence-electron chi connectivity index (χ1n) is 12.6. The highest BCUT2D eigenvalue weighted by Crippen LogP contribution is 2.30. The Hall–Kier alpha value is -2.89. The number of benzene rings is 2. The van der Waals surface area contributed by atoms with Crippen molar-refractivity contribution in [2.45, 2.75) is 43.9 Å². The maximum Gasteiger partial charge on any atom is 0.247 e. The lowest BCUT2D eigenvalue weighted by Gasteiger charge is -2.40. The number of para-hydroxylation sites is 1. The summed E-state index contributed by atoms with van der Waals surface area (Å²) in [5.74, 6) is 0.798. The first-order chi connectivity index (χ1) is 18.4. The second kappa shape index (κ2) is 14.9. The Morgan fingerprint density at radius 2 is 2.03 bits per heavy atom. The van der Waals surface area contributed by atoms with Gasteiger partial charge >= 0.3 is 0 Å². The molecular formula is C29H35IN2O6. The Balaban J connectivity index is 1.92. The quantitative estimate of drug-likeness (QED) is 0.231. The Morgan fingerprint density at radius 1 is 1.24 bits per heavy atom. The molecule has 3 unspecified atom stereocenters. The van der Waals surface area contributed by atoms with Gasteiger partial charge in [-0.25, -0.2) is 0 Å². The molecule has 3 rings (SSSR count). The number of carbonyl (C=O) groups is 2. The number of ether oxygens (including phenoxy) is 2. The number of aliphatic hydroxyl groups is 2. The van der Waals surface area contributed by atoms with Crippen LogP contribution in [-0.2, 0) is 16.0 Å². The van der Waals surface area contributed by atoms with Gasteiger partial charge in [0.1, 0.15) is 23.7 Å². The van der Waals surface area contributed by atoms with Crippen molar-refractivity contribution in [1.29, 1.82) is 0 Å². The monoisotopic (exact) mass is 634 g/mol. The van der Waals surface area contributed by atoms with Crippen molar-refractivity contribution in [2.75, 3.05) is 26.8 Å². The molecule has 3 atom stereocenters. The number of allylic oxidation sites excluding steroid dienone is 1. The maximum atomic E-state index is 13.4.